The molecular formula is C30H41N3O6. The number of nitrogens with zero attached hydrogens (tertiary/aromatic N) is 1. The van der Waals surface area contributed by atoms with Crippen molar-refractivity contribution in [3.05, 3.63) is 59.7 Å². The normalized spacial score (nSPS) is 15.0. The van der Waals surface area contributed by atoms with Crippen molar-refractivity contribution >= 4 is 17.9 Å². The van der Waals surface area contributed by atoms with E-state index in [2.05, 4.69) is 10.6 Å². The van der Waals surface area contributed by atoms with Gasteiger partial charge < -0.3 is 30.5 Å². The fourth-order valence-corrected chi connectivity index (χ4v) is 4.46. The molecule has 9 nitrogen and oxygen atoms in total. The highest BCUT2D eigenvalue weighted by Gasteiger charge is 2.42. The van der Waals surface area contributed by atoms with Crippen molar-refractivity contribution in [2.75, 3.05) is 6.54 Å². The molecule has 39 heavy (non-hydrogen) atoms. The Hall–Kier alpha value is -3.75. The number of hydrogen-bond acceptors (Lipinski definition) is 6. The highest BCUT2D eigenvalue weighted by Crippen LogP contribution is 2.34. The molecule has 9 heteroatoms. The second kappa shape index (κ2) is 13.4. The summed E-state index contributed by atoms with van der Waals surface area (Å²) in [5.41, 5.74) is 0.532. The summed E-state index contributed by atoms with van der Waals surface area (Å²) in [6.07, 6.45) is 3.51. The number of phenolic OH excluding ortho intramolecular Hbond substituents is 2. The van der Waals surface area contributed by atoms with Crippen LogP contribution in [0.2, 0.25) is 0 Å². The number of carbonyl (C=O) groups is 3. The molecule has 0 aliphatic heterocycles. The van der Waals surface area contributed by atoms with Crippen LogP contribution in [0.5, 0.6) is 11.5 Å². The van der Waals surface area contributed by atoms with Crippen LogP contribution >= 0.6 is 0 Å². The summed E-state index contributed by atoms with van der Waals surface area (Å²) in [4.78, 5) is 42.4. The van der Waals surface area contributed by atoms with Gasteiger partial charge in [-0.05, 0) is 81.8 Å². The molecule has 1 aliphatic carbocycles. The molecule has 0 heterocycles. The average molecular weight is 540 g/mol. The van der Waals surface area contributed by atoms with Gasteiger partial charge in [0, 0.05) is 19.0 Å². The topological polar surface area (TPSA) is 128 Å². The first-order valence-electron chi connectivity index (χ1n) is 13.6. The minimum atomic E-state index is -1.02. The Balaban J connectivity index is 2.00. The van der Waals surface area contributed by atoms with Crippen molar-refractivity contribution < 1.29 is 29.3 Å². The quantitative estimate of drug-likeness (QED) is 0.310. The van der Waals surface area contributed by atoms with Gasteiger partial charge >= 0.3 is 6.09 Å². The lowest BCUT2D eigenvalue weighted by Crippen LogP contribution is -2.58. The number of alkyl carbamates (subject to hydrolysis) is 1. The fourth-order valence-electron chi connectivity index (χ4n) is 4.46. The molecule has 2 unspecified atom stereocenters. The Morgan fingerprint density at radius 1 is 1.00 bits per heavy atom. The van der Waals surface area contributed by atoms with Crippen LogP contribution in [-0.2, 0) is 20.7 Å². The Labute approximate surface area is 230 Å². The van der Waals surface area contributed by atoms with Crippen molar-refractivity contribution in [2.24, 2.45) is 0 Å². The van der Waals surface area contributed by atoms with Crippen LogP contribution < -0.4 is 10.6 Å². The number of rotatable bonds is 11. The molecule has 0 radical (unpaired) electrons. The predicted octanol–water partition coefficient (Wildman–Crippen LogP) is 4.57. The van der Waals surface area contributed by atoms with E-state index in [4.69, 9.17) is 4.74 Å². The highest BCUT2D eigenvalue weighted by atomic mass is 16.6. The van der Waals surface area contributed by atoms with Crippen LogP contribution in [0.1, 0.15) is 77.0 Å². The zero-order chi connectivity index (χ0) is 28.6. The number of hydrogen-bond donors (Lipinski definition) is 4. The van der Waals surface area contributed by atoms with Gasteiger partial charge in [0.15, 0.2) is 0 Å². The molecule has 4 N–H and O–H groups in total. The van der Waals surface area contributed by atoms with Gasteiger partial charge in [-0.1, -0.05) is 37.6 Å². The van der Waals surface area contributed by atoms with E-state index in [0.29, 0.717) is 12.1 Å². The van der Waals surface area contributed by atoms with E-state index in [-0.39, 0.29) is 29.9 Å². The average Bonchev–Trinajstić information content (AvgIpc) is 2.83. The van der Waals surface area contributed by atoms with E-state index in [1.165, 1.54) is 24.3 Å². The summed E-state index contributed by atoms with van der Waals surface area (Å²) < 4.78 is 5.46. The van der Waals surface area contributed by atoms with E-state index in [1.807, 2.05) is 6.92 Å². The number of benzene rings is 2. The summed E-state index contributed by atoms with van der Waals surface area (Å²) >= 11 is 0. The summed E-state index contributed by atoms with van der Waals surface area (Å²) in [7, 11) is 0. The van der Waals surface area contributed by atoms with E-state index < -0.39 is 29.7 Å². The zero-order valence-corrected chi connectivity index (χ0v) is 23.3. The number of amides is 3. The Kier molecular flexibility index (Phi) is 10.2. The first-order chi connectivity index (χ1) is 18.5. The van der Waals surface area contributed by atoms with Gasteiger partial charge in [-0.3, -0.25) is 9.59 Å². The Morgan fingerprint density at radius 2 is 1.59 bits per heavy atom. The molecule has 1 fully saturated rings. The maximum absolute atomic E-state index is 14.3. The van der Waals surface area contributed by atoms with Gasteiger partial charge in [0.05, 0.1) is 0 Å². The zero-order valence-electron chi connectivity index (χ0n) is 23.3. The standard InChI is InChI=1S/C30H41N3O6/c1-5-6-18-31-27(36)26(21-12-16-24(35)17-13-21)33(22-8-7-9-22)28(37)25(32-29(38)39-30(2,3)4)19-20-10-14-23(34)15-11-20/h10-17,22,25-26,34-35H,5-9,18-19H2,1-4H3,(H,31,36)(H,32,38). The largest absolute Gasteiger partial charge is 0.508 e. The lowest BCUT2D eigenvalue weighted by Gasteiger charge is -2.43. The third-order valence-corrected chi connectivity index (χ3v) is 6.65. The molecular weight excluding hydrogens is 498 g/mol. The highest BCUT2D eigenvalue weighted by molar-refractivity contribution is 5.92. The van der Waals surface area contributed by atoms with Crippen LogP contribution in [-0.4, -0.2) is 57.3 Å². The smallest absolute Gasteiger partial charge is 0.408 e. The molecule has 1 saturated carbocycles. The number of unbranched alkanes of at least 4 members (excludes halogenated alkanes) is 1. The number of aromatic hydroxyl groups is 2. The third-order valence-electron chi connectivity index (χ3n) is 6.65. The molecule has 1 aliphatic rings. The molecule has 2 aromatic rings. The maximum atomic E-state index is 14.3. The van der Waals surface area contributed by atoms with E-state index >= 15 is 0 Å². The maximum Gasteiger partial charge on any atom is 0.408 e. The molecule has 0 saturated heterocycles. The minimum absolute atomic E-state index is 0.0576. The lowest BCUT2D eigenvalue weighted by atomic mass is 9.87. The van der Waals surface area contributed by atoms with Crippen molar-refractivity contribution in [2.45, 2.75) is 89.9 Å². The SMILES string of the molecule is CCCCNC(=O)C(c1ccc(O)cc1)N(C(=O)C(Cc1ccc(O)cc1)NC(=O)OC(C)(C)C)C1CCC1. The molecule has 0 bridgehead atoms. The van der Waals surface area contributed by atoms with Crippen molar-refractivity contribution in [3.8, 4) is 11.5 Å². The minimum Gasteiger partial charge on any atom is -0.508 e. The monoisotopic (exact) mass is 539 g/mol. The second-order valence-corrected chi connectivity index (χ2v) is 11.0. The van der Waals surface area contributed by atoms with Crippen molar-refractivity contribution in [1.82, 2.24) is 15.5 Å². The molecule has 212 valence electrons. The second-order valence-electron chi connectivity index (χ2n) is 11.0. The summed E-state index contributed by atoms with van der Waals surface area (Å²) in [5, 5.41) is 25.3. The van der Waals surface area contributed by atoms with Crippen LogP contribution in [0, 0.1) is 0 Å². The summed E-state index contributed by atoms with van der Waals surface area (Å²) in [5.74, 6) is -0.562. The molecule has 2 aromatic carbocycles. The number of carbonyl (C=O) groups excluding carboxylic acids is 3. The first-order valence-corrected chi connectivity index (χ1v) is 13.6. The summed E-state index contributed by atoms with van der Waals surface area (Å²) in [6, 6.07) is 10.6. The third kappa shape index (κ3) is 8.63. The Morgan fingerprint density at radius 3 is 2.10 bits per heavy atom. The van der Waals surface area contributed by atoms with Gasteiger partial charge in [-0.2, -0.15) is 0 Å². The number of nitrogens with one attached hydrogen (secondary N) is 2. The summed E-state index contributed by atoms with van der Waals surface area (Å²) in [6.45, 7) is 7.73. The van der Waals surface area contributed by atoms with Crippen molar-refractivity contribution in [3.63, 3.8) is 0 Å². The molecule has 0 aromatic heterocycles. The van der Waals surface area contributed by atoms with Gasteiger partial charge in [0.25, 0.3) is 0 Å². The molecule has 3 rings (SSSR count). The van der Waals surface area contributed by atoms with Crippen molar-refractivity contribution in [1.29, 1.82) is 0 Å². The number of ether oxygens (including phenoxy) is 1. The lowest BCUT2D eigenvalue weighted by molar-refractivity contribution is -0.147. The van der Waals surface area contributed by atoms with E-state index in [0.717, 1.165) is 37.7 Å². The van der Waals surface area contributed by atoms with Gasteiger partial charge in [-0.15, -0.1) is 0 Å². The Bertz CT molecular complexity index is 1110. The number of phenols is 2. The van der Waals surface area contributed by atoms with Crippen LogP contribution in [0.25, 0.3) is 0 Å². The van der Waals surface area contributed by atoms with Gasteiger partial charge in [0.2, 0.25) is 11.8 Å². The van der Waals surface area contributed by atoms with Gasteiger partial charge in [-0.25, -0.2) is 4.79 Å². The van der Waals surface area contributed by atoms with Crippen LogP contribution in [0.4, 0.5) is 4.79 Å². The fraction of sp³-hybridized carbons (Fsp3) is 0.500. The molecule has 2 atom stereocenters. The van der Waals surface area contributed by atoms with E-state index in [1.54, 1.807) is 49.9 Å². The van der Waals surface area contributed by atoms with Crippen LogP contribution in [0.3, 0.4) is 0 Å². The molecule has 3 amide bonds. The van der Waals surface area contributed by atoms with Crippen LogP contribution in [0.15, 0.2) is 48.5 Å². The molecule has 0 spiro atoms. The van der Waals surface area contributed by atoms with Gasteiger partial charge in [0.1, 0.15) is 29.2 Å². The van der Waals surface area contributed by atoms with E-state index in [9.17, 15) is 24.6 Å². The first kappa shape index (κ1) is 29.8. The predicted molar refractivity (Wildman–Crippen MR) is 148 cm³/mol.